The Morgan fingerprint density at radius 1 is 1.24 bits per heavy atom. The Kier molecular flexibility index (Phi) is 4.13. The normalized spacial score (nSPS) is 10.4. The summed E-state index contributed by atoms with van der Waals surface area (Å²) < 4.78 is 5.16. The minimum atomic E-state index is 0.573. The highest BCUT2D eigenvalue weighted by Gasteiger charge is 2.05. The number of unbranched alkanes of at least 4 members (excludes halogenated alkanes) is 1. The lowest BCUT2D eigenvalue weighted by Crippen LogP contribution is -1.99. The van der Waals surface area contributed by atoms with Crippen LogP contribution in [0.15, 0.2) is 34.9 Å². The lowest BCUT2D eigenvalue weighted by molar-refractivity contribution is 0.377. The van der Waals surface area contributed by atoms with E-state index in [1.807, 2.05) is 30.3 Å². The van der Waals surface area contributed by atoms with Gasteiger partial charge < -0.3 is 9.84 Å². The van der Waals surface area contributed by atoms with Crippen LogP contribution in [0.4, 0.5) is 5.69 Å². The lowest BCUT2D eigenvalue weighted by atomic mass is 10.2. The number of hydrogen-bond acceptors (Lipinski definition) is 4. The molecular weight excluding hydrogens is 214 g/mol. The topological polar surface area (TPSA) is 51.0 Å². The number of nitrogens with one attached hydrogen (secondary N) is 1. The van der Waals surface area contributed by atoms with Crippen molar-refractivity contribution in [3.63, 3.8) is 0 Å². The maximum absolute atomic E-state index is 5.16. The summed E-state index contributed by atoms with van der Waals surface area (Å²) in [4.78, 5) is 4.32. The van der Waals surface area contributed by atoms with Crippen LogP contribution >= 0.6 is 0 Å². The maximum Gasteiger partial charge on any atom is 0.245 e. The number of hydrogen-bond donors (Lipinski definition) is 1. The van der Waals surface area contributed by atoms with Crippen molar-refractivity contribution in [1.82, 2.24) is 10.1 Å². The fraction of sp³-hybridized carbons (Fsp3) is 0.385. The standard InChI is InChI=1S/C13H17N3O/c1-2-3-9-12-15-13(17-16-12)10-14-11-7-5-4-6-8-11/h4-8,14H,2-3,9-10H2,1H3. The number of para-hydroxylation sites is 1. The van der Waals surface area contributed by atoms with Crippen molar-refractivity contribution in [2.24, 2.45) is 0 Å². The summed E-state index contributed by atoms with van der Waals surface area (Å²) in [5.74, 6) is 1.44. The lowest BCUT2D eigenvalue weighted by Gasteiger charge is -2.01. The molecule has 0 aliphatic carbocycles. The molecule has 1 heterocycles. The molecule has 0 atom stereocenters. The third-order valence-corrected chi connectivity index (χ3v) is 2.48. The zero-order valence-corrected chi connectivity index (χ0v) is 10.0. The van der Waals surface area contributed by atoms with E-state index in [1.54, 1.807) is 0 Å². The second-order valence-corrected chi connectivity index (χ2v) is 3.93. The number of aromatic nitrogens is 2. The van der Waals surface area contributed by atoms with E-state index in [0.717, 1.165) is 30.8 Å². The molecular formula is C13H17N3O. The molecule has 4 heteroatoms. The van der Waals surface area contributed by atoms with Crippen LogP contribution in [0.5, 0.6) is 0 Å². The van der Waals surface area contributed by atoms with Crippen LogP contribution in [0.3, 0.4) is 0 Å². The molecule has 0 bridgehead atoms. The summed E-state index contributed by atoms with van der Waals surface area (Å²) >= 11 is 0. The van der Waals surface area contributed by atoms with Crippen LogP contribution in [0, 0.1) is 0 Å². The molecule has 1 aromatic carbocycles. The van der Waals surface area contributed by atoms with Gasteiger partial charge in [0, 0.05) is 12.1 Å². The van der Waals surface area contributed by atoms with Gasteiger partial charge in [-0.05, 0) is 18.6 Å². The highest BCUT2D eigenvalue weighted by atomic mass is 16.5. The number of anilines is 1. The molecule has 90 valence electrons. The number of rotatable bonds is 6. The van der Waals surface area contributed by atoms with Gasteiger partial charge in [-0.3, -0.25) is 0 Å². The highest BCUT2D eigenvalue weighted by molar-refractivity contribution is 5.42. The summed E-state index contributed by atoms with van der Waals surface area (Å²) in [7, 11) is 0. The molecule has 1 N–H and O–H groups in total. The van der Waals surface area contributed by atoms with Gasteiger partial charge in [-0.2, -0.15) is 4.98 Å². The van der Waals surface area contributed by atoms with E-state index in [-0.39, 0.29) is 0 Å². The number of nitrogens with zero attached hydrogens (tertiary/aromatic N) is 2. The van der Waals surface area contributed by atoms with Crippen LogP contribution in [-0.2, 0) is 13.0 Å². The molecule has 0 radical (unpaired) electrons. The van der Waals surface area contributed by atoms with E-state index in [4.69, 9.17) is 4.52 Å². The summed E-state index contributed by atoms with van der Waals surface area (Å²) in [5, 5.41) is 7.17. The minimum absolute atomic E-state index is 0.573. The van der Waals surface area contributed by atoms with Crippen molar-refractivity contribution in [3.05, 3.63) is 42.0 Å². The second-order valence-electron chi connectivity index (χ2n) is 3.93. The molecule has 2 aromatic rings. The minimum Gasteiger partial charge on any atom is -0.376 e. The van der Waals surface area contributed by atoms with E-state index < -0.39 is 0 Å². The second kappa shape index (κ2) is 6.03. The molecule has 0 fully saturated rings. The van der Waals surface area contributed by atoms with Crippen molar-refractivity contribution < 1.29 is 4.52 Å². The van der Waals surface area contributed by atoms with Gasteiger partial charge in [0.15, 0.2) is 5.82 Å². The zero-order chi connectivity index (χ0) is 11.9. The highest BCUT2D eigenvalue weighted by Crippen LogP contribution is 2.08. The van der Waals surface area contributed by atoms with E-state index in [1.165, 1.54) is 0 Å². The van der Waals surface area contributed by atoms with E-state index in [0.29, 0.717) is 12.4 Å². The van der Waals surface area contributed by atoms with E-state index >= 15 is 0 Å². The summed E-state index contributed by atoms with van der Waals surface area (Å²) in [6.45, 7) is 2.72. The molecule has 0 aliphatic heterocycles. The maximum atomic E-state index is 5.16. The molecule has 0 unspecified atom stereocenters. The van der Waals surface area contributed by atoms with Gasteiger partial charge in [0.2, 0.25) is 5.89 Å². The van der Waals surface area contributed by atoms with Crippen LogP contribution in [0.1, 0.15) is 31.5 Å². The molecule has 1 aromatic heterocycles. The van der Waals surface area contributed by atoms with Crippen molar-refractivity contribution in [1.29, 1.82) is 0 Å². The molecule has 0 amide bonds. The Morgan fingerprint density at radius 3 is 2.82 bits per heavy atom. The first-order valence-electron chi connectivity index (χ1n) is 5.99. The SMILES string of the molecule is CCCCc1noc(CNc2ccccc2)n1. The predicted molar refractivity (Wildman–Crippen MR) is 66.7 cm³/mol. The molecule has 4 nitrogen and oxygen atoms in total. The van der Waals surface area contributed by atoms with Crippen molar-refractivity contribution in [3.8, 4) is 0 Å². The van der Waals surface area contributed by atoms with Crippen LogP contribution < -0.4 is 5.32 Å². The quantitative estimate of drug-likeness (QED) is 0.830. The Bertz CT molecular complexity index is 439. The monoisotopic (exact) mass is 231 g/mol. The van der Waals surface area contributed by atoms with Gasteiger partial charge in [-0.25, -0.2) is 0 Å². The third-order valence-electron chi connectivity index (χ3n) is 2.48. The zero-order valence-electron chi connectivity index (χ0n) is 10.0. The molecule has 0 spiro atoms. The Balaban J connectivity index is 1.85. The van der Waals surface area contributed by atoms with Crippen LogP contribution in [0.25, 0.3) is 0 Å². The van der Waals surface area contributed by atoms with Crippen LogP contribution in [-0.4, -0.2) is 10.1 Å². The Labute approximate surface area is 101 Å². The summed E-state index contributed by atoms with van der Waals surface area (Å²) in [5.41, 5.74) is 1.06. The average Bonchev–Trinajstić information content (AvgIpc) is 2.83. The van der Waals surface area contributed by atoms with Gasteiger partial charge in [0.05, 0.1) is 6.54 Å². The van der Waals surface area contributed by atoms with Gasteiger partial charge in [-0.1, -0.05) is 36.7 Å². The Hall–Kier alpha value is -1.84. The van der Waals surface area contributed by atoms with Gasteiger partial charge in [0.25, 0.3) is 0 Å². The first-order chi connectivity index (χ1) is 8.38. The Morgan fingerprint density at radius 2 is 2.06 bits per heavy atom. The molecule has 0 saturated carbocycles. The smallest absolute Gasteiger partial charge is 0.245 e. The first-order valence-corrected chi connectivity index (χ1v) is 5.99. The number of benzene rings is 1. The first kappa shape index (κ1) is 11.6. The summed E-state index contributed by atoms with van der Waals surface area (Å²) in [6, 6.07) is 9.98. The number of aryl methyl sites for hydroxylation is 1. The molecule has 0 saturated heterocycles. The molecule has 0 aliphatic rings. The largest absolute Gasteiger partial charge is 0.376 e. The molecule has 2 rings (SSSR count). The fourth-order valence-corrected chi connectivity index (χ4v) is 1.53. The van der Waals surface area contributed by atoms with Crippen molar-refractivity contribution in [2.45, 2.75) is 32.7 Å². The average molecular weight is 231 g/mol. The van der Waals surface area contributed by atoms with Gasteiger partial charge in [-0.15, -0.1) is 0 Å². The third kappa shape index (κ3) is 3.59. The van der Waals surface area contributed by atoms with E-state index in [2.05, 4.69) is 22.4 Å². The van der Waals surface area contributed by atoms with Crippen LogP contribution in [0.2, 0.25) is 0 Å². The summed E-state index contributed by atoms with van der Waals surface area (Å²) in [6.07, 6.45) is 3.14. The van der Waals surface area contributed by atoms with Gasteiger partial charge in [0.1, 0.15) is 0 Å². The van der Waals surface area contributed by atoms with Gasteiger partial charge >= 0.3 is 0 Å². The van der Waals surface area contributed by atoms with Crippen molar-refractivity contribution in [2.75, 3.05) is 5.32 Å². The van der Waals surface area contributed by atoms with Crippen molar-refractivity contribution >= 4 is 5.69 Å². The van der Waals surface area contributed by atoms with E-state index in [9.17, 15) is 0 Å². The molecule has 17 heavy (non-hydrogen) atoms. The predicted octanol–water partition coefficient (Wildman–Crippen LogP) is 3.02. The fourth-order valence-electron chi connectivity index (χ4n) is 1.53.